The summed E-state index contributed by atoms with van der Waals surface area (Å²) in [6, 6.07) is 3.84. The minimum absolute atomic E-state index is 0.665. The largest absolute Gasteiger partial charge is 0.490 e. The fraction of sp³-hybridized carbons (Fsp3) is 0.615. The predicted molar refractivity (Wildman–Crippen MR) is 73.2 cm³/mol. The van der Waals surface area contributed by atoms with Gasteiger partial charge in [0.15, 0.2) is 11.6 Å². The van der Waals surface area contributed by atoms with Crippen LogP contribution in [-0.2, 0) is 0 Å². The number of anilines is 1. The van der Waals surface area contributed by atoms with Crippen LogP contribution in [0.1, 0.15) is 6.92 Å². The Morgan fingerprint density at radius 1 is 1.44 bits per heavy atom. The fourth-order valence-corrected chi connectivity index (χ4v) is 2.06. The van der Waals surface area contributed by atoms with Crippen molar-refractivity contribution in [1.82, 2.24) is 15.2 Å². The fourth-order valence-electron chi connectivity index (χ4n) is 2.06. The van der Waals surface area contributed by atoms with Crippen molar-refractivity contribution in [3.63, 3.8) is 0 Å². The van der Waals surface area contributed by atoms with E-state index < -0.39 is 0 Å². The zero-order chi connectivity index (χ0) is 12.6. The molecule has 1 saturated heterocycles. The van der Waals surface area contributed by atoms with Crippen molar-refractivity contribution in [3.8, 4) is 5.75 Å². The summed E-state index contributed by atoms with van der Waals surface area (Å²) in [5.74, 6) is 1.68. The van der Waals surface area contributed by atoms with Gasteiger partial charge < -0.3 is 15.4 Å². The summed E-state index contributed by atoms with van der Waals surface area (Å²) in [7, 11) is 0. The van der Waals surface area contributed by atoms with Crippen LogP contribution in [0.5, 0.6) is 5.75 Å². The Balaban J connectivity index is 1.78. The van der Waals surface area contributed by atoms with Crippen molar-refractivity contribution in [2.45, 2.75) is 6.92 Å². The van der Waals surface area contributed by atoms with Crippen LogP contribution in [0.4, 0.5) is 5.82 Å². The van der Waals surface area contributed by atoms with E-state index >= 15 is 0 Å². The number of ether oxygens (including phenoxy) is 1. The molecule has 18 heavy (non-hydrogen) atoms. The van der Waals surface area contributed by atoms with Gasteiger partial charge in [-0.25, -0.2) is 4.98 Å². The zero-order valence-electron chi connectivity index (χ0n) is 11.0. The molecule has 5 nitrogen and oxygen atoms in total. The average Bonchev–Trinajstić information content (AvgIpc) is 2.42. The second-order valence-corrected chi connectivity index (χ2v) is 4.30. The molecular weight excluding hydrogens is 228 g/mol. The molecule has 0 spiro atoms. The first-order valence-corrected chi connectivity index (χ1v) is 6.65. The SMILES string of the molecule is CCOc1cccnc1NCCN1CCNCC1. The zero-order valence-corrected chi connectivity index (χ0v) is 11.0. The molecule has 0 aromatic carbocycles. The lowest BCUT2D eigenvalue weighted by Gasteiger charge is -2.27. The summed E-state index contributed by atoms with van der Waals surface area (Å²) < 4.78 is 5.53. The summed E-state index contributed by atoms with van der Waals surface area (Å²) in [5.41, 5.74) is 0. The molecule has 1 aliphatic heterocycles. The Labute approximate surface area is 109 Å². The van der Waals surface area contributed by atoms with E-state index in [2.05, 4.69) is 20.5 Å². The predicted octanol–water partition coefficient (Wildman–Crippen LogP) is 0.797. The van der Waals surface area contributed by atoms with Crippen molar-refractivity contribution in [2.24, 2.45) is 0 Å². The number of hydrogen-bond acceptors (Lipinski definition) is 5. The third-order valence-electron chi connectivity index (χ3n) is 3.00. The molecule has 5 heteroatoms. The van der Waals surface area contributed by atoms with E-state index in [1.165, 1.54) is 0 Å². The molecule has 0 radical (unpaired) electrons. The average molecular weight is 250 g/mol. The van der Waals surface area contributed by atoms with E-state index in [9.17, 15) is 0 Å². The van der Waals surface area contributed by atoms with Crippen LogP contribution in [0, 0.1) is 0 Å². The van der Waals surface area contributed by atoms with Crippen LogP contribution in [0.2, 0.25) is 0 Å². The summed E-state index contributed by atoms with van der Waals surface area (Å²) >= 11 is 0. The van der Waals surface area contributed by atoms with Gasteiger partial charge in [0.05, 0.1) is 6.61 Å². The summed E-state index contributed by atoms with van der Waals surface area (Å²) in [6.07, 6.45) is 1.79. The van der Waals surface area contributed by atoms with Gasteiger partial charge in [0.2, 0.25) is 0 Å². The molecule has 0 unspecified atom stereocenters. The first-order valence-electron chi connectivity index (χ1n) is 6.65. The second-order valence-electron chi connectivity index (χ2n) is 4.30. The molecule has 1 aliphatic rings. The third kappa shape index (κ3) is 3.85. The normalized spacial score (nSPS) is 16.5. The lowest BCUT2D eigenvalue weighted by Crippen LogP contribution is -2.45. The van der Waals surface area contributed by atoms with Gasteiger partial charge in [0.1, 0.15) is 0 Å². The molecule has 1 fully saturated rings. The standard InChI is InChI=1S/C13H22N4O/c1-2-18-12-4-3-5-15-13(12)16-8-11-17-9-6-14-7-10-17/h3-5,14H,2,6-11H2,1H3,(H,15,16). The number of piperazine rings is 1. The molecule has 0 bridgehead atoms. The number of rotatable bonds is 6. The molecule has 2 heterocycles. The highest BCUT2D eigenvalue weighted by Crippen LogP contribution is 2.20. The van der Waals surface area contributed by atoms with Crippen LogP contribution < -0.4 is 15.4 Å². The molecule has 0 amide bonds. The maximum Gasteiger partial charge on any atom is 0.168 e. The maximum atomic E-state index is 5.53. The third-order valence-corrected chi connectivity index (χ3v) is 3.00. The topological polar surface area (TPSA) is 49.4 Å². The lowest BCUT2D eigenvalue weighted by atomic mass is 10.3. The van der Waals surface area contributed by atoms with Gasteiger partial charge in [-0.05, 0) is 19.1 Å². The van der Waals surface area contributed by atoms with Crippen LogP contribution >= 0.6 is 0 Å². The van der Waals surface area contributed by atoms with Gasteiger partial charge in [-0.15, -0.1) is 0 Å². The van der Waals surface area contributed by atoms with Gasteiger partial charge in [-0.1, -0.05) is 0 Å². The highest BCUT2D eigenvalue weighted by Gasteiger charge is 2.09. The van der Waals surface area contributed by atoms with Crippen molar-refractivity contribution in [3.05, 3.63) is 18.3 Å². The van der Waals surface area contributed by atoms with Gasteiger partial charge in [0.25, 0.3) is 0 Å². The van der Waals surface area contributed by atoms with Gasteiger partial charge in [-0.2, -0.15) is 0 Å². The Morgan fingerprint density at radius 2 is 2.28 bits per heavy atom. The van der Waals surface area contributed by atoms with Crippen molar-refractivity contribution in [1.29, 1.82) is 0 Å². The number of nitrogens with one attached hydrogen (secondary N) is 2. The Bertz CT molecular complexity index is 353. The molecule has 2 rings (SSSR count). The highest BCUT2D eigenvalue weighted by molar-refractivity contribution is 5.49. The molecule has 1 aromatic heterocycles. The summed E-state index contributed by atoms with van der Waals surface area (Å²) in [6.45, 7) is 9.03. The van der Waals surface area contributed by atoms with Crippen molar-refractivity contribution < 1.29 is 4.74 Å². The smallest absolute Gasteiger partial charge is 0.168 e. The quantitative estimate of drug-likeness (QED) is 0.782. The van der Waals surface area contributed by atoms with Crippen LogP contribution in [0.3, 0.4) is 0 Å². The monoisotopic (exact) mass is 250 g/mol. The summed E-state index contributed by atoms with van der Waals surface area (Å²) in [4.78, 5) is 6.76. The lowest BCUT2D eigenvalue weighted by molar-refractivity contribution is 0.249. The van der Waals surface area contributed by atoms with Gasteiger partial charge in [-0.3, -0.25) is 4.90 Å². The number of hydrogen-bond donors (Lipinski definition) is 2. The van der Waals surface area contributed by atoms with Crippen LogP contribution in [-0.4, -0.2) is 55.8 Å². The van der Waals surface area contributed by atoms with E-state index in [-0.39, 0.29) is 0 Å². The number of pyridine rings is 1. The highest BCUT2D eigenvalue weighted by atomic mass is 16.5. The van der Waals surface area contributed by atoms with Gasteiger partial charge in [0, 0.05) is 45.5 Å². The van der Waals surface area contributed by atoms with Gasteiger partial charge >= 0.3 is 0 Å². The molecule has 1 aromatic rings. The Kier molecular flexibility index (Phi) is 5.23. The Hall–Kier alpha value is -1.33. The molecular formula is C13H22N4O. The minimum atomic E-state index is 0.665. The molecule has 100 valence electrons. The molecule has 0 saturated carbocycles. The molecule has 0 atom stereocenters. The van der Waals surface area contributed by atoms with Crippen LogP contribution in [0.15, 0.2) is 18.3 Å². The van der Waals surface area contributed by atoms with E-state index in [1.54, 1.807) is 6.20 Å². The number of nitrogens with zero attached hydrogens (tertiary/aromatic N) is 2. The molecule has 2 N–H and O–H groups in total. The minimum Gasteiger partial charge on any atom is -0.490 e. The van der Waals surface area contributed by atoms with E-state index in [0.717, 1.165) is 50.8 Å². The van der Waals surface area contributed by atoms with Crippen LogP contribution in [0.25, 0.3) is 0 Å². The maximum absolute atomic E-state index is 5.53. The first kappa shape index (κ1) is 13.1. The molecule has 0 aliphatic carbocycles. The van der Waals surface area contributed by atoms with Crippen molar-refractivity contribution >= 4 is 5.82 Å². The van der Waals surface area contributed by atoms with E-state index in [0.29, 0.717) is 6.61 Å². The second kappa shape index (κ2) is 7.18. The summed E-state index contributed by atoms with van der Waals surface area (Å²) in [5, 5.41) is 6.70. The van der Waals surface area contributed by atoms with E-state index in [1.807, 2.05) is 19.1 Å². The first-order chi connectivity index (χ1) is 8.90. The number of aromatic nitrogens is 1. The van der Waals surface area contributed by atoms with E-state index in [4.69, 9.17) is 4.74 Å². The van der Waals surface area contributed by atoms with Crippen molar-refractivity contribution in [2.75, 3.05) is 51.2 Å². The Morgan fingerprint density at radius 3 is 3.06 bits per heavy atom.